The fraction of sp³-hybridized carbons (Fsp3) is 0. The molecule has 2 aromatic rings. The largest absolute Gasteiger partial charge is 0.368 e. The minimum absolute atomic E-state index is 0.252. The molecule has 0 unspecified atom stereocenters. The predicted molar refractivity (Wildman–Crippen MR) is 52.0 cm³/mol. The third-order valence-corrected chi connectivity index (χ3v) is 1.90. The Kier molecular flexibility index (Phi) is 2.35. The van der Waals surface area contributed by atoms with Crippen molar-refractivity contribution in [2.24, 2.45) is 0 Å². The van der Waals surface area contributed by atoms with E-state index in [4.69, 9.17) is 5.73 Å². The molecule has 1 aromatic carbocycles. The molecule has 0 aliphatic heterocycles. The second-order valence-electron chi connectivity index (χ2n) is 2.94. The Balaban J connectivity index is 2.73. The molecule has 0 saturated heterocycles. The molecule has 0 saturated carbocycles. The number of rotatable bonds is 1. The normalized spacial score (nSPS) is 10.4. The Morgan fingerprint density at radius 1 is 1.25 bits per heavy atom. The van der Waals surface area contributed by atoms with Crippen molar-refractivity contribution < 1.29 is 8.78 Å². The van der Waals surface area contributed by atoms with E-state index in [9.17, 15) is 13.6 Å². The molecule has 1 aromatic heterocycles. The van der Waals surface area contributed by atoms with Crippen LogP contribution in [0.2, 0.25) is 0 Å². The van der Waals surface area contributed by atoms with Gasteiger partial charge < -0.3 is 5.73 Å². The first-order valence-electron chi connectivity index (χ1n) is 4.25. The highest BCUT2D eigenvalue weighted by molar-refractivity contribution is 5.34. The molecule has 82 valence electrons. The van der Waals surface area contributed by atoms with Crippen LogP contribution in [-0.4, -0.2) is 14.5 Å². The van der Waals surface area contributed by atoms with E-state index >= 15 is 0 Å². The van der Waals surface area contributed by atoms with Gasteiger partial charge in [0.15, 0.2) is 0 Å². The standard InChI is InChI=1S/C9H6F2N4O/c10-5-2-1-3-6(11)7(5)15-4-13-8(12)14-9(15)16/h1-4H,(H2,12,14,16). The second kappa shape index (κ2) is 3.69. The lowest BCUT2D eigenvalue weighted by molar-refractivity contribution is 0.563. The zero-order valence-corrected chi connectivity index (χ0v) is 7.89. The molecule has 0 amide bonds. The molecule has 0 spiro atoms. The highest BCUT2D eigenvalue weighted by atomic mass is 19.1. The fourth-order valence-corrected chi connectivity index (χ4v) is 1.22. The number of hydrogen-bond donors (Lipinski definition) is 1. The third-order valence-electron chi connectivity index (χ3n) is 1.90. The lowest BCUT2D eigenvalue weighted by Gasteiger charge is -2.06. The molecule has 2 rings (SSSR count). The fourth-order valence-electron chi connectivity index (χ4n) is 1.22. The summed E-state index contributed by atoms with van der Waals surface area (Å²) in [5.74, 6) is -2.01. The maximum absolute atomic E-state index is 13.3. The summed E-state index contributed by atoms with van der Waals surface area (Å²) in [6, 6.07) is 3.25. The molecule has 0 atom stereocenters. The van der Waals surface area contributed by atoms with Gasteiger partial charge in [-0.3, -0.25) is 0 Å². The average molecular weight is 224 g/mol. The van der Waals surface area contributed by atoms with Crippen LogP contribution in [0.5, 0.6) is 0 Å². The van der Waals surface area contributed by atoms with Crippen LogP contribution < -0.4 is 11.4 Å². The molecule has 0 radical (unpaired) electrons. The van der Waals surface area contributed by atoms with E-state index in [2.05, 4.69) is 9.97 Å². The van der Waals surface area contributed by atoms with E-state index in [-0.39, 0.29) is 5.95 Å². The molecule has 0 aliphatic rings. The highest BCUT2D eigenvalue weighted by Crippen LogP contribution is 2.14. The molecule has 5 nitrogen and oxygen atoms in total. The monoisotopic (exact) mass is 224 g/mol. The number of nitrogen functional groups attached to an aromatic ring is 1. The van der Waals surface area contributed by atoms with E-state index in [1.165, 1.54) is 6.07 Å². The summed E-state index contributed by atoms with van der Waals surface area (Å²) in [6.07, 6.45) is 0.923. The van der Waals surface area contributed by atoms with Gasteiger partial charge in [0.25, 0.3) is 0 Å². The first-order valence-corrected chi connectivity index (χ1v) is 4.25. The minimum Gasteiger partial charge on any atom is -0.368 e. The van der Waals surface area contributed by atoms with Crippen molar-refractivity contribution in [1.29, 1.82) is 0 Å². The maximum atomic E-state index is 13.3. The van der Waals surface area contributed by atoms with Crippen molar-refractivity contribution in [1.82, 2.24) is 14.5 Å². The Morgan fingerprint density at radius 3 is 2.44 bits per heavy atom. The van der Waals surface area contributed by atoms with E-state index in [0.717, 1.165) is 18.5 Å². The maximum Gasteiger partial charge on any atom is 0.356 e. The van der Waals surface area contributed by atoms with Gasteiger partial charge in [-0.05, 0) is 12.1 Å². The van der Waals surface area contributed by atoms with Crippen LogP contribution >= 0.6 is 0 Å². The molecule has 0 bridgehead atoms. The SMILES string of the molecule is Nc1ncn(-c2c(F)cccc2F)c(=O)n1. The van der Waals surface area contributed by atoms with Crippen molar-refractivity contribution in [2.75, 3.05) is 5.73 Å². The van der Waals surface area contributed by atoms with Crippen molar-refractivity contribution in [3.05, 3.63) is 46.6 Å². The van der Waals surface area contributed by atoms with E-state index in [0.29, 0.717) is 4.57 Å². The van der Waals surface area contributed by atoms with Crippen LogP contribution in [0.4, 0.5) is 14.7 Å². The van der Waals surface area contributed by atoms with Gasteiger partial charge >= 0.3 is 5.69 Å². The summed E-state index contributed by atoms with van der Waals surface area (Å²) in [4.78, 5) is 18.1. The molecular formula is C9H6F2N4O. The highest BCUT2D eigenvalue weighted by Gasteiger charge is 2.12. The number of hydrogen-bond acceptors (Lipinski definition) is 4. The van der Waals surface area contributed by atoms with E-state index < -0.39 is 23.0 Å². The van der Waals surface area contributed by atoms with Gasteiger partial charge in [-0.1, -0.05) is 6.07 Å². The van der Waals surface area contributed by atoms with Crippen LogP contribution in [0, 0.1) is 11.6 Å². The summed E-state index contributed by atoms with van der Waals surface area (Å²) in [5.41, 5.74) is 3.75. The summed E-state index contributed by atoms with van der Waals surface area (Å²) in [7, 11) is 0. The molecule has 16 heavy (non-hydrogen) atoms. The Morgan fingerprint density at radius 2 is 1.88 bits per heavy atom. The smallest absolute Gasteiger partial charge is 0.356 e. The van der Waals surface area contributed by atoms with Crippen LogP contribution in [-0.2, 0) is 0 Å². The Hall–Kier alpha value is -2.31. The van der Waals surface area contributed by atoms with Crippen LogP contribution in [0.3, 0.4) is 0 Å². The molecule has 2 N–H and O–H groups in total. The van der Waals surface area contributed by atoms with Crippen molar-refractivity contribution in [3.8, 4) is 5.69 Å². The van der Waals surface area contributed by atoms with Crippen LogP contribution in [0.1, 0.15) is 0 Å². The molecule has 0 aliphatic carbocycles. The first kappa shape index (κ1) is 10.2. The summed E-state index contributed by atoms with van der Waals surface area (Å²) < 4.78 is 27.3. The number of nitrogens with zero attached hydrogens (tertiary/aromatic N) is 3. The number of aromatic nitrogens is 3. The summed E-state index contributed by atoms with van der Waals surface area (Å²) >= 11 is 0. The lowest BCUT2D eigenvalue weighted by Crippen LogP contribution is -2.24. The van der Waals surface area contributed by atoms with Gasteiger partial charge in [-0.2, -0.15) is 4.98 Å². The number of nitrogens with two attached hydrogens (primary N) is 1. The number of anilines is 1. The quantitative estimate of drug-likeness (QED) is 0.764. The third kappa shape index (κ3) is 1.62. The summed E-state index contributed by atoms with van der Waals surface area (Å²) in [5, 5.41) is 0. The minimum atomic E-state index is -0.892. The summed E-state index contributed by atoms with van der Waals surface area (Å²) in [6.45, 7) is 0. The van der Waals surface area contributed by atoms with Gasteiger partial charge in [0, 0.05) is 0 Å². The van der Waals surface area contributed by atoms with Gasteiger partial charge in [0.1, 0.15) is 23.6 Å². The van der Waals surface area contributed by atoms with Crippen molar-refractivity contribution >= 4 is 5.95 Å². The van der Waals surface area contributed by atoms with Gasteiger partial charge in [0.05, 0.1) is 0 Å². The number of benzene rings is 1. The zero-order chi connectivity index (χ0) is 11.7. The first-order chi connectivity index (χ1) is 7.59. The predicted octanol–water partition coefficient (Wildman–Crippen LogP) is 0.488. The van der Waals surface area contributed by atoms with Gasteiger partial charge in [-0.15, -0.1) is 0 Å². The van der Waals surface area contributed by atoms with Crippen LogP contribution in [0.25, 0.3) is 5.69 Å². The molecule has 7 heteroatoms. The number of halogens is 2. The Labute approximate surface area is 88.2 Å². The van der Waals surface area contributed by atoms with Crippen molar-refractivity contribution in [3.63, 3.8) is 0 Å². The average Bonchev–Trinajstić information content (AvgIpc) is 2.20. The van der Waals surface area contributed by atoms with Gasteiger partial charge in [-0.25, -0.2) is 23.1 Å². The van der Waals surface area contributed by atoms with E-state index in [1.54, 1.807) is 0 Å². The molecule has 0 fully saturated rings. The van der Waals surface area contributed by atoms with E-state index in [1.807, 2.05) is 0 Å². The van der Waals surface area contributed by atoms with Crippen molar-refractivity contribution in [2.45, 2.75) is 0 Å². The topological polar surface area (TPSA) is 73.8 Å². The molecule has 1 heterocycles. The Bertz CT molecular complexity index is 576. The zero-order valence-electron chi connectivity index (χ0n) is 7.89. The van der Waals surface area contributed by atoms with Gasteiger partial charge in [0.2, 0.25) is 5.95 Å². The lowest BCUT2D eigenvalue weighted by atomic mass is 10.3. The number of para-hydroxylation sites is 1. The van der Waals surface area contributed by atoms with Crippen LogP contribution in [0.15, 0.2) is 29.3 Å². The second-order valence-corrected chi connectivity index (χ2v) is 2.94. The molecular weight excluding hydrogens is 218 g/mol.